The van der Waals surface area contributed by atoms with Crippen molar-refractivity contribution in [2.75, 3.05) is 25.1 Å². The number of carbonyl (C=O) groups is 1. The number of hydroxylamine groups is 3. The minimum absolute atomic E-state index is 0.000106. The van der Waals surface area contributed by atoms with Crippen LogP contribution in [-0.2, 0) is 23.9 Å². The van der Waals surface area contributed by atoms with Crippen LogP contribution in [0.4, 0.5) is 5.69 Å². The Kier molecular flexibility index (Phi) is 8.54. The highest BCUT2D eigenvalue weighted by Gasteiger charge is 2.35. The number of nitrogens with zero attached hydrogens (tertiary/aromatic N) is 5. The number of anilines is 1. The van der Waals surface area contributed by atoms with Gasteiger partial charge in [-0.05, 0) is 59.2 Å². The summed E-state index contributed by atoms with van der Waals surface area (Å²) in [7, 11) is 0. The van der Waals surface area contributed by atoms with Gasteiger partial charge in [0.2, 0.25) is 0 Å². The fourth-order valence-electron chi connectivity index (χ4n) is 3.06. The van der Waals surface area contributed by atoms with Crippen molar-refractivity contribution in [2.45, 2.75) is 58.8 Å². The van der Waals surface area contributed by atoms with Gasteiger partial charge < -0.3 is 9.47 Å². The van der Waals surface area contributed by atoms with E-state index in [4.69, 9.17) is 42.4 Å². The molecule has 2 heterocycles. The molecule has 2 aromatic rings. The fourth-order valence-corrected chi connectivity index (χ4v) is 3.36. The van der Waals surface area contributed by atoms with Crippen molar-refractivity contribution in [1.29, 1.82) is 0 Å². The van der Waals surface area contributed by atoms with Crippen LogP contribution in [0.25, 0.3) is 5.69 Å². The average Bonchev–Trinajstić information content (AvgIpc) is 3.16. The molecule has 0 saturated carbocycles. The first-order valence-corrected chi connectivity index (χ1v) is 11.3. The Hall–Kier alpha value is -1.95. The minimum Gasteiger partial charge on any atom is -0.459 e. The fraction of sp³-hybridized carbons (Fsp3) is 0.571. The molecule has 1 saturated heterocycles. The van der Waals surface area contributed by atoms with Crippen LogP contribution in [0.5, 0.6) is 0 Å². The van der Waals surface area contributed by atoms with Crippen LogP contribution in [0, 0.1) is 0 Å². The van der Waals surface area contributed by atoms with Gasteiger partial charge in [-0.25, -0.2) is 9.75 Å². The van der Waals surface area contributed by atoms with E-state index >= 15 is 0 Å². The molecule has 33 heavy (non-hydrogen) atoms. The molecule has 0 radical (unpaired) electrons. The second-order valence-electron chi connectivity index (χ2n) is 8.69. The summed E-state index contributed by atoms with van der Waals surface area (Å²) in [6.45, 7) is 9.68. The van der Waals surface area contributed by atoms with E-state index in [1.165, 1.54) is 14.8 Å². The number of hydrogen-bond acceptors (Lipinski definition) is 9. The zero-order valence-electron chi connectivity index (χ0n) is 19.3. The van der Waals surface area contributed by atoms with Crippen LogP contribution < -0.4 is 5.06 Å². The number of esters is 1. The monoisotopic (exact) mass is 501 g/mol. The van der Waals surface area contributed by atoms with Crippen molar-refractivity contribution in [3.63, 3.8) is 0 Å². The third-order valence-corrected chi connectivity index (χ3v) is 4.88. The third-order valence-electron chi connectivity index (χ3n) is 4.47. The van der Waals surface area contributed by atoms with Crippen molar-refractivity contribution in [3.05, 3.63) is 34.6 Å². The van der Waals surface area contributed by atoms with Gasteiger partial charge in [0.1, 0.15) is 11.6 Å². The van der Waals surface area contributed by atoms with Gasteiger partial charge in [0, 0.05) is 11.6 Å². The number of hydrogen-bond donors (Lipinski definition) is 0. The molecule has 1 atom stereocenters. The maximum Gasteiger partial charge on any atom is 0.326 e. The van der Waals surface area contributed by atoms with E-state index in [0.29, 0.717) is 29.4 Å². The summed E-state index contributed by atoms with van der Waals surface area (Å²) < 4.78 is 12.7. The van der Waals surface area contributed by atoms with Gasteiger partial charge in [0.15, 0.2) is 18.6 Å². The first kappa shape index (κ1) is 25.7. The van der Waals surface area contributed by atoms with Crippen molar-refractivity contribution in [3.8, 4) is 5.69 Å². The van der Waals surface area contributed by atoms with Crippen molar-refractivity contribution in [1.82, 2.24) is 20.1 Å². The Morgan fingerprint density at radius 3 is 2.52 bits per heavy atom. The Balaban J connectivity index is 1.73. The third kappa shape index (κ3) is 7.26. The molecule has 0 spiro atoms. The van der Waals surface area contributed by atoms with Crippen LogP contribution in [0.1, 0.15) is 41.0 Å². The van der Waals surface area contributed by atoms with Crippen molar-refractivity contribution in [2.24, 2.45) is 0 Å². The van der Waals surface area contributed by atoms with E-state index in [1.807, 2.05) is 34.6 Å². The second-order valence-corrected chi connectivity index (χ2v) is 9.51. The predicted molar refractivity (Wildman–Crippen MR) is 123 cm³/mol. The average molecular weight is 502 g/mol. The number of benzene rings is 1. The van der Waals surface area contributed by atoms with Crippen LogP contribution in [0.2, 0.25) is 10.2 Å². The highest BCUT2D eigenvalue weighted by Crippen LogP contribution is 2.30. The van der Waals surface area contributed by atoms with Gasteiger partial charge in [0.05, 0.1) is 23.7 Å². The summed E-state index contributed by atoms with van der Waals surface area (Å²) in [5.74, 6) is -0.410. The summed E-state index contributed by atoms with van der Waals surface area (Å²) in [5.41, 5.74) is 0.608. The molecule has 10 nitrogen and oxygen atoms in total. The predicted octanol–water partition coefficient (Wildman–Crippen LogP) is 4.00. The molecule has 0 amide bonds. The molecule has 1 aliphatic rings. The van der Waals surface area contributed by atoms with Crippen molar-refractivity contribution < 1.29 is 23.9 Å². The van der Waals surface area contributed by atoms with Gasteiger partial charge in [-0.1, -0.05) is 28.4 Å². The molecular formula is C21H29Cl2N5O5. The standard InChI is InChI=1S/C21H29Cl2N5O5/c1-14(2)30-9-8-17(20(29)33-21(3,4)5)27-12-32-28(13-31-27)18-10-15(22)6-7-16(18)26-11-19(23)24-25-26/h6-7,10-11,14,17H,8-9,12-13H2,1-5H3. The summed E-state index contributed by atoms with van der Waals surface area (Å²) in [6.07, 6.45) is 2.00. The zero-order valence-corrected chi connectivity index (χ0v) is 20.8. The summed E-state index contributed by atoms with van der Waals surface area (Å²) >= 11 is 12.1. The lowest BCUT2D eigenvalue weighted by atomic mass is 10.1. The van der Waals surface area contributed by atoms with E-state index in [-0.39, 0.29) is 24.7 Å². The van der Waals surface area contributed by atoms with Crippen LogP contribution in [0.15, 0.2) is 24.4 Å². The van der Waals surface area contributed by atoms with Gasteiger partial charge in [-0.15, -0.1) is 10.2 Å². The Morgan fingerprint density at radius 1 is 1.18 bits per heavy atom. The van der Waals surface area contributed by atoms with Crippen LogP contribution in [0.3, 0.4) is 0 Å². The molecule has 1 unspecified atom stereocenters. The highest BCUT2D eigenvalue weighted by atomic mass is 35.5. The molecule has 0 aliphatic carbocycles. The molecular weight excluding hydrogens is 473 g/mol. The molecule has 1 aromatic heterocycles. The molecule has 3 rings (SSSR count). The molecule has 0 bridgehead atoms. The van der Waals surface area contributed by atoms with E-state index in [0.717, 1.165) is 0 Å². The maximum atomic E-state index is 12.9. The Morgan fingerprint density at radius 2 is 1.94 bits per heavy atom. The van der Waals surface area contributed by atoms with Gasteiger partial charge in [-0.2, -0.15) is 0 Å². The maximum absolute atomic E-state index is 12.9. The highest BCUT2D eigenvalue weighted by molar-refractivity contribution is 6.31. The van der Waals surface area contributed by atoms with Gasteiger partial charge in [-0.3, -0.25) is 14.5 Å². The van der Waals surface area contributed by atoms with E-state index in [9.17, 15) is 4.79 Å². The summed E-state index contributed by atoms with van der Waals surface area (Å²) in [4.78, 5) is 24.7. The zero-order chi connectivity index (χ0) is 24.2. The largest absolute Gasteiger partial charge is 0.459 e. The Bertz CT molecular complexity index is 941. The lowest BCUT2D eigenvalue weighted by Gasteiger charge is -2.38. The Labute approximate surface area is 203 Å². The van der Waals surface area contributed by atoms with E-state index in [2.05, 4.69) is 10.3 Å². The van der Waals surface area contributed by atoms with Gasteiger partial charge in [0.25, 0.3) is 0 Å². The van der Waals surface area contributed by atoms with E-state index in [1.54, 1.807) is 24.4 Å². The summed E-state index contributed by atoms with van der Waals surface area (Å²) in [6, 6.07) is 4.51. The number of halogens is 2. The molecule has 0 N–H and O–H groups in total. The molecule has 1 aliphatic heterocycles. The normalized spacial score (nSPS) is 16.3. The molecule has 182 valence electrons. The van der Waals surface area contributed by atoms with Crippen LogP contribution in [-0.4, -0.2) is 63.8 Å². The lowest BCUT2D eigenvalue weighted by molar-refractivity contribution is -0.286. The first-order chi connectivity index (χ1) is 15.5. The molecule has 12 heteroatoms. The van der Waals surface area contributed by atoms with E-state index < -0.39 is 17.6 Å². The second kappa shape index (κ2) is 11.0. The quantitative estimate of drug-likeness (QED) is 0.497. The SMILES string of the molecule is CC(C)OCCC(C(=O)OC(C)(C)C)N1CON(c2cc(Cl)ccc2-n2cc(Cl)nn2)CO1. The van der Waals surface area contributed by atoms with Gasteiger partial charge >= 0.3 is 5.97 Å². The van der Waals surface area contributed by atoms with Crippen molar-refractivity contribution >= 4 is 34.9 Å². The molecule has 1 aromatic carbocycles. The number of carbonyl (C=O) groups excluding carboxylic acids is 1. The number of ether oxygens (including phenoxy) is 2. The van der Waals surface area contributed by atoms with Crippen LogP contribution >= 0.6 is 23.2 Å². The summed E-state index contributed by atoms with van der Waals surface area (Å²) in [5, 5.41) is 11.5. The lowest BCUT2D eigenvalue weighted by Crippen LogP contribution is -2.52. The minimum atomic E-state index is -0.696. The number of aromatic nitrogens is 3. The first-order valence-electron chi connectivity index (χ1n) is 10.6. The topological polar surface area (TPSA) is 91.2 Å². The molecule has 1 fully saturated rings. The number of rotatable bonds is 8. The smallest absolute Gasteiger partial charge is 0.326 e.